The standard InChI is InChI=1S/C13H21N3O2S/c1-15-8-10(7-14-15)9-16(11-3-4-11)13(18)12(17)5-6-19-2/h7-8,11-12,17H,3-6,9H2,1-2H3/t12-/m1/s1. The molecule has 0 saturated heterocycles. The lowest BCUT2D eigenvalue weighted by atomic mass is 10.2. The first-order chi connectivity index (χ1) is 9.11. The third-order valence-electron chi connectivity index (χ3n) is 3.26. The van der Waals surface area contributed by atoms with Gasteiger partial charge >= 0.3 is 0 Å². The number of hydrogen-bond acceptors (Lipinski definition) is 4. The Labute approximate surface area is 118 Å². The number of rotatable bonds is 7. The van der Waals surface area contributed by atoms with Gasteiger partial charge in [-0.05, 0) is 31.3 Å². The molecule has 2 rings (SSSR count). The number of thioether (sulfide) groups is 1. The summed E-state index contributed by atoms with van der Waals surface area (Å²) in [5.74, 6) is 0.665. The Balaban J connectivity index is 1.97. The topological polar surface area (TPSA) is 58.4 Å². The summed E-state index contributed by atoms with van der Waals surface area (Å²) in [5.41, 5.74) is 1.01. The van der Waals surface area contributed by atoms with E-state index in [4.69, 9.17) is 0 Å². The van der Waals surface area contributed by atoms with Crippen molar-refractivity contribution in [1.82, 2.24) is 14.7 Å². The van der Waals surface area contributed by atoms with Crippen molar-refractivity contribution in [1.29, 1.82) is 0 Å². The first kappa shape index (κ1) is 14.4. The van der Waals surface area contributed by atoms with Crippen LogP contribution in [0.3, 0.4) is 0 Å². The molecule has 1 amide bonds. The van der Waals surface area contributed by atoms with Crippen LogP contribution in [-0.4, -0.2) is 49.8 Å². The van der Waals surface area contributed by atoms with Gasteiger partial charge in [-0.3, -0.25) is 9.48 Å². The molecule has 1 atom stereocenters. The van der Waals surface area contributed by atoms with Gasteiger partial charge in [-0.1, -0.05) is 0 Å². The van der Waals surface area contributed by atoms with E-state index >= 15 is 0 Å². The number of carbonyl (C=O) groups is 1. The molecular weight excluding hydrogens is 262 g/mol. The number of nitrogens with zero attached hydrogens (tertiary/aromatic N) is 3. The van der Waals surface area contributed by atoms with E-state index in [1.54, 1.807) is 22.6 Å². The van der Waals surface area contributed by atoms with Crippen molar-refractivity contribution in [2.75, 3.05) is 12.0 Å². The number of aliphatic hydroxyl groups is 1. The van der Waals surface area contributed by atoms with Gasteiger partial charge in [-0.25, -0.2) is 0 Å². The van der Waals surface area contributed by atoms with Crippen LogP contribution in [0.1, 0.15) is 24.8 Å². The molecule has 1 aromatic rings. The fraction of sp³-hybridized carbons (Fsp3) is 0.692. The lowest BCUT2D eigenvalue weighted by molar-refractivity contribution is -0.141. The van der Waals surface area contributed by atoms with Gasteiger partial charge in [0.05, 0.1) is 6.20 Å². The molecule has 0 spiro atoms. The molecular formula is C13H21N3O2S. The maximum Gasteiger partial charge on any atom is 0.251 e. The zero-order chi connectivity index (χ0) is 13.8. The Morgan fingerprint density at radius 1 is 1.68 bits per heavy atom. The van der Waals surface area contributed by atoms with Gasteiger partial charge in [0.15, 0.2) is 0 Å². The number of carbonyl (C=O) groups excluding carboxylic acids is 1. The van der Waals surface area contributed by atoms with E-state index in [1.165, 1.54) is 0 Å². The molecule has 0 aliphatic heterocycles. The van der Waals surface area contributed by atoms with Gasteiger partial charge in [-0.2, -0.15) is 16.9 Å². The van der Waals surface area contributed by atoms with Gasteiger partial charge in [0.1, 0.15) is 6.10 Å². The van der Waals surface area contributed by atoms with Crippen molar-refractivity contribution in [2.45, 2.75) is 38.0 Å². The predicted octanol–water partition coefficient (Wildman–Crippen LogP) is 1.03. The number of amides is 1. The molecule has 1 aliphatic rings. The average Bonchev–Trinajstić information content (AvgIpc) is 3.15. The second kappa shape index (κ2) is 6.43. The predicted molar refractivity (Wildman–Crippen MR) is 75.8 cm³/mol. The van der Waals surface area contributed by atoms with E-state index < -0.39 is 6.10 Å². The van der Waals surface area contributed by atoms with Gasteiger partial charge < -0.3 is 10.0 Å². The van der Waals surface area contributed by atoms with E-state index in [1.807, 2.05) is 24.4 Å². The van der Waals surface area contributed by atoms with Gasteiger partial charge in [0.2, 0.25) is 0 Å². The molecule has 1 fully saturated rings. The summed E-state index contributed by atoms with van der Waals surface area (Å²) in [5, 5.41) is 14.1. The second-order valence-corrected chi connectivity index (χ2v) is 6.00. The van der Waals surface area contributed by atoms with Crippen LogP contribution in [0, 0.1) is 0 Å². The Bertz CT molecular complexity index is 431. The Morgan fingerprint density at radius 2 is 2.42 bits per heavy atom. The van der Waals surface area contributed by atoms with Crippen LogP contribution in [0.25, 0.3) is 0 Å². The maximum absolute atomic E-state index is 12.3. The zero-order valence-electron chi connectivity index (χ0n) is 11.5. The Morgan fingerprint density at radius 3 is 2.95 bits per heavy atom. The maximum atomic E-state index is 12.3. The van der Waals surface area contributed by atoms with Crippen molar-refractivity contribution < 1.29 is 9.90 Å². The zero-order valence-corrected chi connectivity index (χ0v) is 12.3. The van der Waals surface area contributed by atoms with E-state index in [2.05, 4.69) is 5.10 Å². The molecule has 6 heteroatoms. The fourth-order valence-corrected chi connectivity index (χ4v) is 2.53. The molecule has 5 nitrogen and oxygen atoms in total. The highest BCUT2D eigenvalue weighted by atomic mass is 32.2. The highest BCUT2D eigenvalue weighted by molar-refractivity contribution is 7.98. The highest BCUT2D eigenvalue weighted by Gasteiger charge is 2.35. The molecule has 106 valence electrons. The van der Waals surface area contributed by atoms with Gasteiger partial charge in [-0.15, -0.1) is 0 Å². The summed E-state index contributed by atoms with van der Waals surface area (Å²) in [6, 6.07) is 0.302. The Hall–Kier alpha value is -1.01. The number of hydrogen-bond donors (Lipinski definition) is 1. The van der Waals surface area contributed by atoms with E-state index in [9.17, 15) is 9.90 Å². The average molecular weight is 283 g/mol. The summed E-state index contributed by atoms with van der Waals surface area (Å²) in [7, 11) is 1.86. The first-order valence-corrected chi connectivity index (χ1v) is 7.96. The molecule has 1 aliphatic carbocycles. The SMILES string of the molecule is CSCC[C@@H](O)C(=O)N(Cc1cnn(C)c1)C1CC1. The van der Waals surface area contributed by atoms with Crippen LogP contribution in [0.4, 0.5) is 0 Å². The van der Waals surface area contributed by atoms with Crippen LogP contribution in [-0.2, 0) is 18.4 Å². The van der Waals surface area contributed by atoms with Crippen molar-refractivity contribution in [3.8, 4) is 0 Å². The minimum absolute atomic E-state index is 0.139. The molecule has 0 unspecified atom stereocenters. The van der Waals surface area contributed by atoms with Crippen LogP contribution in [0.15, 0.2) is 12.4 Å². The first-order valence-electron chi connectivity index (χ1n) is 6.57. The fourth-order valence-electron chi connectivity index (χ4n) is 2.07. The van der Waals surface area contributed by atoms with Crippen LogP contribution < -0.4 is 0 Å². The number of aryl methyl sites for hydroxylation is 1. The molecule has 0 bridgehead atoms. The molecule has 0 radical (unpaired) electrons. The van der Waals surface area contributed by atoms with Gasteiger partial charge in [0.25, 0.3) is 5.91 Å². The van der Waals surface area contributed by atoms with Crippen molar-refractivity contribution in [3.63, 3.8) is 0 Å². The van der Waals surface area contributed by atoms with E-state index in [-0.39, 0.29) is 5.91 Å². The summed E-state index contributed by atoms with van der Waals surface area (Å²) in [6.07, 6.45) is 7.41. The molecule has 1 heterocycles. The number of aliphatic hydroxyl groups excluding tert-OH is 1. The quantitative estimate of drug-likeness (QED) is 0.812. The number of aromatic nitrogens is 2. The molecule has 1 aromatic heterocycles. The molecule has 0 aromatic carbocycles. The van der Waals surface area contributed by atoms with E-state index in [0.717, 1.165) is 24.2 Å². The smallest absolute Gasteiger partial charge is 0.251 e. The largest absolute Gasteiger partial charge is 0.383 e. The third kappa shape index (κ3) is 3.98. The molecule has 1 N–H and O–H groups in total. The minimum atomic E-state index is -0.871. The lowest BCUT2D eigenvalue weighted by Gasteiger charge is -2.24. The third-order valence-corrected chi connectivity index (χ3v) is 3.91. The van der Waals surface area contributed by atoms with Crippen molar-refractivity contribution in [3.05, 3.63) is 18.0 Å². The molecule has 1 saturated carbocycles. The normalized spacial score (nSPS) is 16.4. The van der Waals surface area contributed by atoms with Crippen molar-refractivity contribution in [2.24, 2.45) is 7.05 Å². The second-order valence-electron chi connectivity index (χ2n) is 5.02. The summed E-state index contributed by atoms with van der Waals surface area (Å²) in [6.45, 7) is 0.549. The van der Waals surface area contributed by atoms with Gasteiger partial charge in [0, 0.05) is 31.4 Å². The highest BCUT2D eigenvalue weighted by Crippen LogP contribution is 2.29. The van der Waals surface area contributed by atoms with Crippen LogP contribution in [0.2, 0.25) is 0 Å². The summed E-state index contributed by atoms with van der Waals surface area (Å²) in [4.78, 5) is 14.1. The van der Waals surface area contributed by atoms with Crippen LogP contribution in [0.5, 0.6) is 0 Å². The lowest BCUT2D eigenvalue weighted by Crippen LogP contribution is -2.40. The summed E-state index contributed by atoms with van der Waals surface area (Å²) < 4.78 is 1.73. The van der Waals surface area contributed by atoms with Crippen molar-refractivity contribution >= 4 is 17.7 Å². The Kier molecular flexibility index (Phi) is 4.87. The minimum Gasteiger partial charge on any atom is -0.383 e. The molecule has 19 heavy (non-hydrogen) atoms. The summed E-state index contributed by atoms with van der Waals surface area (Å²) >= 11 is 1.65. The van der Waals surface area contributed by atoms with E-state index in [0.29, 0.717) is 19.0 Å². The monoisotopic (exact) mass is 283 g/mol. The van der Waals surface area contributed by atoms with Crippen LogP contribution >= 0.6 is 11.8 Å².